The zero-order chi connectivity index (χ0) is 37.5. The van der Waals surface area contributed by atoms with Crippen LogP contribution in [0.1, 0.15) is 12.0 Å². The summed E-state index contributed by atoms with van der Waals surface area (Å²) in [5, 5.41) is 8.15. The summed E-state index contributed by atoms with van der Waals surface area (Å²) in [5.41, 5.74) is 7.31. The van der Waals surface area contributed by atoms with E-state index < -0.39 is 0 Å². The molecule has 6 nitrogen and oxygen atoms in total. The molecule has 0 aliphatic carbocycles. The number of allylic oxidation sites excluding steroid dienone is 1. The number of nitrogens with zero attached hydrogens (tertiary/aromatic N) is 6. The molecule has 266 valence electrons. The molecule has 0 unspecified atom stereocenters. The van der Waals surface area contributed by atoms with Crippen LogP contribution in [0.5, 0.6) is 0 Å². The van der Waals surface area contributed by atoms with Crippen molar-refractivity contribution >= 4 is 54.8 Å². The monoisotopic (exact) mass is 730 g/mol. The first-order valence-corrected chi connectivity index (χ1v) is 18.9. The summed E-state index contributed by atoms with van der Waals surface area (Å²) in [4.78, 5) is 27.1. The number of benzene rings is 3. The smallest absolute Gasteiger partial charge is 0.0964 e. The second-order valence-electron chi connectivity index (χ2n) is 12.4. The first-order valence-electron chi connectivity index (χ1n) is 18.0. The van der Waals surface area contributed by atoms with E-state index in [-0.39, 0.29) is 0 Å². The molecule has 0 spiro atoms. The van der Waals surface area contributed by atoms with Gasteiger partial charge in [0.25, 0.3) is 0 Å². The predicted molar refractivity (Wildman–Crippen MR) is 230 cm³/mol. The van der Waals surface area contributed by atoms with Crippen LogP contribution in [0.25, 0.3) is 65.4 Å². The third-order valence-corrected chi connectivity index (χ3v) is 9.64. The highest BCUT2D eigenvalue weighted by molar-refractivity contribution is 7.13. The number of hydrogen-bond donors (Lipinski definition) is 0. The molecule has 7 aromatic heterocycles. The molecule has 7 heteroatoms. The minimum atomic E-state index is 0.915. The predicted octanol–water partition coefficient (Wildman–Crippen LogP) is 12.2. The van der Waals surface area contributed by atoms with E-state index in [0.717, 1.165) is 57.2 Å². The zero-order valence-corrected chi connectivity index (χ0v) is 31.0. The van der Waals surface area contributed by atoms with Crippen molar-refractivity contribution in [2.24, 2.45) is 0 Å². The van der Waals surface area contributed by atoms with Gasteiger partial charge in [0.05, 0.1) is 38.5 Å². The molecular weight excluding hydrogens is 693 g/mol. The Labute approximate surface area is 324 Å². The molecule has 0 saturated heterocycles. The summed E-state index contributed by atoms with van der Waals surface area (Å²) < 4.78 is 0. The third-order valence-electron chi connectivity index (χ3n) is 8.64. The van der Waals surface area contributed by atoms with Crippen LogP contribution < -0.4 is 0 Å². The summed E-state index contributed by atoms with van der Waals surface area (Å²) in [6.07, 6.45) is 14.9. The van der Waals surface area contributed by atoms with Gasteiger partial charge in [-0.2, -0.15) is 0 Å². The quantitative estimate of drug-likeness (QED) is 0.130. The first-order chi connectivity index (χ1) is 27.3. The summed E-state index contributed by atoms with van der Waals surface area (Å²) in [6.45, 7) is 3.73. The van der Waals surface area contributed by atoms with E-state index in [1.807, 2.05) is 91.3 Å². The van der Waals surface area contributed by atoms with Crippen LogP contribution in [-0.2, 0) is 6.42 Å². The highest BCUT2D eigenvalue weighted by atomic mass is 32.1. The molecule has 55 heavy (non-hydrogen) atoms. The van der Waals surface area contributed by atoms with Crippen LogP contribution in [-0.4, -0.2) is 29.9 Å². The molecule has 0 aliphatic rings. The Kier molecular flexibility index (Phi) is 12.4. The van der Waals surface area contributed by atoms with Gasteiger partial charge in [0, 0.05) is 58.7 Å². The van der Waals surface area contributed by atoms with E-state index in [9.17, 15) is 0 Å². The number of pyridine rings is 6. The van der Waals surface area contributed by atoms with E-state index >= 15 is 0 Å². The van der Waals surface area contributed by atoms with Crippen molar-refractivity contribution in [3.05, 3.63) is 206 Å². The molecule has 10 aromatic rings. The minimum absolute atomic E-state index is 0.915. The van der Waals surface area contributed by atoms with Gasteiger partial charge >= 0.3 is 0 Å². The van der Waals surface area contributed by atoms with Gasteiger partial charge in [-0.1, -0.05) is 91.0 Å². The van der Waals surface area contributed by atoms with Crippen LogP contribution >= 0.6 is 11.3 Å². The molecule has 0 atom stereocenters. The molecule has 10 rings (SSSR count). The van der Waals surface area contributed by atoms with Crippen molar-refractivity contribution in [3.8, 4) is 22.0 Å². The van der Waals surface area contributed by atoms with Crippen molar-refractivity contribution in [1.29, 1.82) is 0 Å². The molecule has 0 saturated carbocycles. The Hall–Kier alpha value is -6.96. The maximum atomic E-state index is 4.41. The normalized spacial score (nSPS) is 10.4. The van der Waals surface area contributed by atoms with Gasteiger partial charge in [0.2, 0.25) is 0 Å². The van der Waals surface area contributed by atoms with Crippen LogP contribution in [0.3, 0.4) is 0 Å². The van der Waals surface area contributed by atoms with E-state index in [1.165, 1.54) is 26.6 Å². The Balaban J connectivity index is 0.000000113. The van der Waals surface area contributed by atoms with E-state index in [0.29, 0.717) is 0 Å². The highest BCUT2D eigenvalue weighted by Gasteiger charge is 2.03. The van der Waals surface area contributed by atoms with Crippen molar-refractivity contribution in [2.75, 3.05) is 0 Å². The number of fused-ring (bicyclic) bond motifs is 6. The summed E-state index contributed by atoms with van der Waals surface area (Å²) in [5.74, 6) is 0. The van der Waals surface area contributed by atoms with E-state index in [2.05, 4.69) is 115 Å². The lowest BCUT2D eigenvalue weighted by atomic mass is 10.1. The molecule has 7 heterocycles. The number of aryl methyl sites for hydroxylation is 1. The lowest BCUT2D eigenvalue weighted by molar-refractivity contribution is 1.01. The van der Waals surface area contributed by atoms with Gasteiger partial charge in [-0.3, -0.25) is 29.9 Å². The van der Waals surface area contributed by atoms with Gasteiger partial charge < -0.3 is 0 Å². The van der Waals surface area contributed by atoms with Crippen molar-refractivity contribution in [1.82, 2.24) is 29.9 Å². The molecule has 3 aromatic carbocycles. The Morgan fingerprint density at radius 1 is 0.436 bits per heavy atom. The van der Waals surface area contributed by atoms with E-state index in [1.54, 1.807) is 36.1 Å². The van der Waals surface area contributed by atoms with Crippen LogP contribution in [0.15, 0.2) is 201 Å². The average molecular weight is 731 g/mol. The third kappa shape index (κ3) is 9.53. The molecule has 0 N–H and O–H groups in total. The molecule has 0 amide bonds. The number of rotatable bonds is 5. The van der Waals surface area contributed by atoms with Crippen molar-refractivity contribution in [3.63, 3.8) is 0 Å². The zero-order valence-electron chi connectivity index (χ0n) is 30.2. The number of hydrogen-bond acceptors (Lipinski definition) is 7. The second-order valence-corrected chi connectivity index (χ2v) is 13.3. The summed E-state index contributed by atoms with van der Waals surface area (Å²) >= 11 is 1.76. The molecule has 0 radical (unpaired) electrons. The Morgan fingerprint density at radius 2 is 0.891 bits per heavy atom. The fraction of sp³-hybridized carbons (Fsp3) is 0.0417. The number of aromatic nitrogens is 6. The van der Waals surface area contributed by atoms with Crippen LogP contribution in [0.4, 0.5) is 0 Å². The van der Waals surface area contributed by atoms with Gasteiger partial charge in [-0.25, -0.2) is 0 Å². The maximum Gasteiger partial charge on any atom is 0.0964 e. The molecule has 0 aliphatic heterocycles. The first kappa shape index (κ1) is 36.4. The van der Waals surface area contributed by atoms with Crippen molar-refractivity contribution in [2.45, 2.75) is 12.8 Å². The molecule has 0 fully saturated rings. The fourth-order valence-corrected chi connectivity index (χ4v) is 6.87. The second kappa shape index (κ2) is 18.7. The van der Waals surface area contributed by atoms with E-state index in [4.69, 9.17) is 0 Å². The Bertz CT molecular complexity index is 2480. The standard InChI is InChI=1S/C13H13NS.C13H9N.C12H8N2.C10H8N2/c1-2-3-6-11-9-13(15-10-11)12-7-4-5-8-14-12;1-2-6-12-10(4-1)7-8-11-5-3-9-14-13(11)12;1-3-9-5-6-10-4-2-8-14-12(10)11(9)13-7-1;1-3-7-11-9(5-1)10-6-2-4-8-12-10/h2,4-5,7-10H,1,3,6H2;1-9H;1-8H;1-8H. The van der Waals surface area contributed by atoms with Gasteiger partial charge in [0.1, 0.15) is 0 Å². The fourth-order valence-electron chi connectivity index (χ4n) is 5.94. The van der Waals surface area contributed by atoms with Gasteiger partial charge in [-0.05, 0) is 89.8 Å². The highest BCUT2D eigenvalue weighted by Crippen LogP contribution is 2.26. The van der Waals surface area contributed by atoms with Gasteiger partial charge in [0.15, 0.2) is 0 Å². The Morgan fingerprint density at radius 3 is 1.44 bits per heavy atom. The van der Waals surface area contributed by atoms with Crippen molar-refractivity contribution < 1.29 is 0 Å². The topological polar surface area (TPSA) is 77.3 Å². The lowest BCUT2D eigenvalue weighted by Gasteiger charge is -2.01. The minimum Gasteiger partial charge on any atom is -0.256 e. The SMILES string of the molecule is C=CCCc1csc(-c2ccccn2)c1.c1ccc(-c2ccccn2)nc1.c1ccc2c(c1)ccc1cccnc12.c1cnc2c(c1)ccc1cccnc12. The molecule has 0 bridgehead atoms. The lowest BCUT2D eigenvalue weighted by Crippen LogP contribution is -1.83. The summed E-state index contributed by atoms with van der Waals surface area (Å²) in [7, 11) is 0. The van der Waals surface area contributed by atoms with Crippen LogP contribution in [0.2, 0.25) is 0 Å². The van der Waals surface area contributed by atoms with Crippen LogP contribution in [0, 0.1) is 0 Å². The largest absolute Gasteiger partial charge is 0.256 e. The van der Waals surface area contributed by atoms with Gasteiger partial charge in [-0.15, -0.1) is 17.9 Å². The number of thiophene rings is 1. The summed E-state index contributed by atoms with van der Waals surface area (Å²) in [6, 6.07) is 48.6. The maximum absolute atomic E-state index is 4.41. The average Bonchev–Trinajstić information content (AvgIpc) is 3.76. The molecular formula is C48H38N6S.